The van der Waals surface area contributed by atoms with Crippen LogP contribution in [0.2, 0.25) is 0 Å². The Balaban J connectivity index is 1.51. The zero-order chi connectivity index (χ0) is 31.1. The number of carbonyl (C=O) groups excluding carboxylic acids is 2. The highest BCUT2D eigenvalue weighted by atomic mass is 32.1. The van der Waals surface area contributed by atoms with Gasteiger partial charge in [-0.3, -0.25) is 9.36 Å². The molecule has 8 nitrogen and oxygen atoms in total. The van der Waals surface area contributed by atoms with Gasteiger partial charge in [-0.25, -0.2) is 14.6 Å². The number of benzene rings is 3. The van der Waals surface area contributed by atoms with Crippen molar-refractivity contribution >= 4 is 29.4 Å². The number of esters is 2. The van der Waals surface area contributed by atoms with Gasteiger partial charge >= 0.3 is 11.9 Å². The molecule has 5 rings (SSSR count). The van der Waals surface area contributed by atoms with Gasteiger partial charge < -0.3 is 14.2 Å². The quantitative estimate of drug-likeness (QED) is 0.168. The average molecular weight is 611 g/mol. The lowest BCUT2D eigenvalue weighted by Crippen LogP contribution is -2.39. The number of allylic oxidation sites excluding steroid dienone is 1. The lowest BCUT2D eigenvalue weighted by molar-refractivity contribution is -0.140. The lowest BCUT2D eigenvalue weighted by Gasteiger charge is -2.25. The number of hydrogen-bond donors (Lipinski definition) is 0. The second-order valence-electron chi connectivity index (χ2n) is 10.4. The number of thiazole rings is 1. The highest BCUT2D eigenvalue weighted by molar-refractivity contribution is 7.07. The smallest absolute Gasteiger partial charge is 0.338 e. The number of unbranched alkanes of at least 4 members (excludes halogenated alkanes) is 2. The number of carbonyl (C=O) groups is 2. The van der Waals surface area contributed by atoms with Crippen LogP contribution in [0.25, 0.3) is 6.08 Å². The normalized spacial score (nSPS) is 14.5. The highest BCUT2D eigenvalue weighted by Crippen LogP contribution is 2.31. The van der Waals surface area contributed by atoms with Crippen molar-refractivity contribution in [2.24, 2.45) is 4.99 Å². The molecule has 4 aromatic rings. The van der Waals surface area contributed by atoms with Crippen molar-refractivity contribution < 1.29 is 23.8 Å². The topological polar surface area (TPSA) is 96.2 Å². The molecule has 44 heavy (non-hydrogen) atoms. The van der Waals surface area contributed by atoms with E-state index in [1.165, 1.54) is 23.0 Å². The second-order valence-corrected chi connectivity index (χ2v) is 11.4. The van der Waals surface area contributed by atoms with Gasteiger partial charge in [-0.05, 0) is 60.4 Å². The third-order valence-corrected chi connectivity index (χ3v) is 8.28. The Hall–Kier alpha value is -4.76. The van der Waals surface area contributed by atoms with Crippen LogP contribution in [0, 0.1) is 0 Å². The van der Waals surface area contributed by atoms with Crippen molar-refractivity contribution in [3.05, 3.63) is 132 Å². The van der Waals surface area contributed by atoms with Crippen molar-refractivity contribution in [2.45, 2.75) is 45.8 Å². The Morgan fingerprint density at radius 2 is 1.68 bits per heavy atom. The van der Waals surface area contributed by atoms with E-state index >= 15 is 0 Å². The standard InChI is InChI=1S/C35H34N2O6S/c1-4-5-9-20-42-28-18-12-24(13-19-28)21-29-32(38)37-31(26-14-16-27(17-15-26)33(39)41-3)30(23(2)36-35(37)44-29)34(40)43-22-25-10-7-6-8-11-25/h6-8,10-19,21,31H,4-5,9,20,22H2,1-3H3. The molecule has 0 radical (unpaired) electrons. The van der Waals surface area contributed by atoms with Crippen LogP contribution in [0.3, 0.4) is 0 Å². The monoisotopic (exact) mass is 610 g/mol. The fourth-order valence-corrected chi connectivity index (χ4v) is 6.02. The van der Waals surface area contributed by atoms with Crippen molar-refractivity contribution in [1.82, 2.24) is 4.57 Å². The summed E-state index contributed by atoms with van der Waals surface area (Å²) in [5, 5.41) is 0. The molecule has 3 aromatic carbocycles. The first-order valence-corrected chi connectivity index (χ1v) is 15.4. The van der Waals surface area contributed by atoms with Crippen molar-refractivity contribution in [1.29, 1.82) is 0 Å². The summed E-state index contributed by atoms with van der Waals surface area (Å²) in [6.07, 6.45) is 5.08. The molecule has 0 N–H and O–H groups in total. The molecule has 0 bridgehead atoms. The summed E-state index contributed by atoms with van der Waals surface area (Å²) in [6.45, 7) is 4.64. The average Bonchev–Trinajstić information content (AvgIpc) is 3.35. The predicted molar refractivity (Wildman–Crippen MR) is 169 cm³/mol. The molecule has 2 heterocycles. The molecule has 0 aliphatic carbocycles. The van der Waals surface area contributed by atoms with Gasteiger partial charge in [-0.15, -0.1) is 0 Å². The number of fused-ring (bicyclic) bond motifs is 1. The lowest BCUT2D eigenvalue weighted by atomic mass is 9.95. The van der Waals surface area contributed by atoms with Gasteiger partial charge in [-0.1, -0.05) is 85.7 Å². The summed E-state index contributed by atoms with van der Waals surface area (Å²) in [5.41, 5.74) is 3.11. The number of rotatable bonds is 11. The summed E-state index contributed by atoms with van der Waals surface area (Å²) in [7, 11) is 1.31. The van der Waals surface area contributed by atoms with E-state index in [1.807, 2.05) is 60.7 Å². The maximum atomic E-state index is 14.0. The van der Waals surface area contributed by atoms with Crippen molar-refractivity contribution in [3.63, 3.8) is 0 Å². The van der Waals surface area contributed by atoms with Gasteiger partial charge in [0.05, 0.1) is 41.1 Å². The Morgan fingerprint density at radius 1 is 0.955 bits per heavy atom. The summed E-state index contributed by atoms with van der Waals surface area (Å²) in [5.74, 6) is -0.266. The second kappa shape index (κ2) is 14.1. The number of methoxy groups -OCH3 is 1. The molecule has 226 valence electrons. The molecule has 1 unspecified atom stereocenters. The number of nitrogens with zero attached hydrogens (tertiary/aromatic N) is 2. The molecule has 1 aliphatic rings. The maximum absolute atomic E-state index is 14.0. The first-order chi connectivity index (χ1) is 21.4. The first-order valence-electron chi connectivity index (χ1n) is 14.5. The van der Waals surface area contributed by atoms with E-state index in [1.54, 1.807) is 31.2 Å². The zero-order valence-electron chi connectivity index (χ0n) is 24.9. The molecule has 1 aliphatic heterocycles. The van der Waals surface area contributed by atoms with Gasteiger partial charge in [0.1, 0.15) is 12.4 Å². The fraction of sp³-hybridized carbons (Fsp3) is 0.257. The minimum atomic E-state index is -0.803. The van der Waals surface area contributed by atoms with Gasteiger partial charge in [0.25, 0.3) is 5.56 Å². The van der Waals surface area contributed by atoms with E-state index in [2.05, 4.69) is 11.9 Å². The first kappa shape index (κ1) is 30.7. The third-order valence-electron chi connectivity index (χ3n) is 7.30. The van der Waals surface area contributed by atoms with Gasteiger partial charge in [0.15, 0.2) is 4.80 Å². The van der Waals surface area contributed by atoms with Crippen LogP contribution in [0.4, 0.5) is 0 Å². The van der Waals surface area contributed by atoms with E-state index < -0.39 is 18.0 Å². The number of ether oxygens (including phenoxy) is 3. The Kier molecular flexibility index (Phi) is 9.86. The van der Waals surface area contributed by atoms with Gasteiger partial charge in [0, 0.05) is 0 Å². The predicted octanol–water partition coefficient (Wildman–Crippen LogP) is 5.33. The fourth-order valence-electron chi connectivity index (χ4n) is 4.97. The van der Waals surface area contributed by atoms with Crippen molar-refractivity contribution in [2.75, 3.05) is 13.7 Å². The maximum Gasteiger partial charge on any atom is 0.338 e. The van der Waals surface area contributed by atoms with Gasteiger partial charge in [0.2, 0.25) is 0 Å². The van der Waals surface area contributed by atoms with Crippen LogP contribution in [0.1, 0.15) is 66.2 Å². The summed E-state index contributed by atoms with van der Waals surface area (Å²) >= 11 is 1.25. The van der Waals surface area contributed by atoms with E-state index in [-0.39, 0.29) is 17.7 Å². The molecule has 0 amide bonds. The third kappa shape index (κ3) is 6.89. The number of hydrogen-bond acceptors (Lipinski definition) is 8. The van der Waals surface area contributed by atoms with E-state index in [0.717, 1.165) is 36.1 Å². The molecule has 9 heteroatoms. The largest absolute Gasteiger partial charge is 0.494 e. The summed E-state index contributed by atoms with van der Waals surface area (Å²) in [4.78, 5) is 44.8. The molecular weight excluding hydrogens is 576 g/mol. The van der Waals surface area contributed by atoms with Crippen LogP contribution < -0.4 is 19.6 Å². The molecular formula is C35H34N2O6S. The Bertz CT molecular complexity index is 1840. The molecule has 0 spiro atoms. The molecule has 0 fully saturated rings. The Labute approximate surface area is 259 Å². The highest BCUT2D eigenvalue weighted by Gasteiger charge is 2.33. The SMILES string of the molecule is CCCCCOc1ccc(C=c2sc3n(c2=O)C(c2ccc(C(=O)OC)cc2)C(C(=O)OCc2ccccc2)=C(C)N=3)cc1. The molecule has 0 saturated heterocycles. The van der Waals surface area contributed by atoms with Crippen LogP contribution >= 0.6 is 11.3 Å². The van der Waals surface area contributed by atoms with E-state index in [0.29, 0.717) is 32.8 Å². The van der Waals surface area contributed by atoms with Crippen LogP contribution in [-0.2, 0) is 20.9 Å². The van der Waals surface area contributed by atoms with Gasteiger partial charge in [-0.2, -0.15) is 0 Å². The van der Waals surface area contributed by atoms with E-state index in [9.17, 15) is 14.4 Å². The molecule has 1 aromatic heterocycles. The summed E-state index contributed by atoms with van der Waals surface area (Å²) in [6, 6.07) is 22.9. The number of aromatic nitrogens is 1. The minimum absolute atomic E-state index is 0.0766. The molecule has 1 atom stereocenters. The van der Waals surface area contributed by atoms with Crippen molar-refractivity contribution in [3.8, 4) is 5.75 Å². The minimum Gasteiger partial charge on any atom is -0.494 e. The molecule has 0 saturated carbocycles. The van der Waals surface area contributed by atoms with Crippen LogP contribution in [-0.4, -0.2) is 30.2 Å². The summed E-state index contributed by atoms with van der Waals surface area (Å²) < 4.78 is 18.4. The Morgan fingerprint density at radius 3 is 2.36 bits per heavy atom. The van der Waals surface area contributed by atoms with Crippen LogP contribution in [0.15, 0.2) is 99.9 Å². The zero-order valence-corrected chi connectivity index (χ0v) is 25.8. The van der Waals surface area contributed by atoms with E-state index in [4.69, 9.17) is 14.2 Å². The van der Waals surface area contributed by atoms with Crippen LogP contribution in [0.5, 0.6) is 5.75 Å².